The molecule has 2 heterocycles. The van der Waals surface area contributed by atoms with Crippen LogP contribution in [0.1, 0.15) is 13.3 Å². The Balaban J connectivity index is 2.53. The number of aromatic amines is 2. The van der Waals surface area contributed by atoms with Gasteiger partial charge in [0.1, 0.15) is 6.54 Å². The molecule has 2 aromatic rings. The van der Waals surface area contributed by atoms with E-state index >= 15 is 0 Å². The van der Waals surface area contributed by atoms with Crippen molar-refractivity contribution in [3.8, 4) is 0 Å². The van der Waals surface area contributed by atoms with E-state index < -0.39 is 17.2 Å². The molecule has 4 N–H and O–H groups in total. The normalized spacial score (nSPS) is 10.8. The standard InChI is InChI=1S/C10H13N5O4/c1-2-3-15-7-6(8(18)14-10(15)19)12-9(13-7)11-4-5(16)17/h2-4H2,1H3,(H,16,17)(H2,11,12,13)(H,14,18,19). The third kappa shape index (κ3) is 2.49. The number of hydrogen-bond donors (Lipinski definition) is 4. The third-order valence-corrected chi connectivity index (χ3v) is 2.49. The van der Waals surface area contributed by atoms with Gasteiger partial charge in [-0.15, -0.1) is 0 Å². The van der Waals surface area contributed by atoms with Gasteiger partial charge in [0, 0.05) is 6.54 Å². The third-order valence-electron chi connectivity index (χ3n) is 2.49. The van der Waals surface area contributed by atoms with E-state index in [2.05, 4.69) is 20.3 Å². The van der Waals surface area contributed by atoms with Crippen LogP contribution in [0.15, 0.2) is 9.59 Å². The molecule has 0 aliphatic heterocycles. The average molecular weight is 267 g/mol. The summed E-state index contributed by atoms with van der Waals surface area (Å²) >= 11 is 0. The van der Waals surface area contributed by atoms with Crippen molar-refractivity contribution in [2.24, 2.45) is 0 Å². The van der Waals surface area contributed by atoms with Gasteiger partial charge in [-0.1, -0.05) is 6.92 Å². The topological polar surface area (TPSA) is 133 Å². The highest BCUT2D eigenvalue weighted by Gasteiger charge is 2.12. The van der Waals surface area contributed by atoms with E-state index in [4.69, 9.17) is 5.11 Å². The molecule has 0 atom stereocenters. The summed E-state index contributed by atoms with van der Waals surface area (Å²) in [6.45, 7) is 1.96. The van der Waals surface area contributed by atoms with Crippen molar-refractivity contribution in [3.05, 3.63) is 20.8 Å². The highest BCUT2D eigenvalue weighted by molar-refractivity contribution is 5.75. The Bertz CT molecular complexity index is 726. The summed E-state index contributed by atoms with van der Waals surface area (Å²) in [5, 5.41) is 11.1. The van der Waals surface area contributed by atoms with Crippen molar-refractivity contribution in [1.82, 2.24) is 19.5 Å². The number of aryl methyl sites for hydroxylation is 1. The molecule has 0 radical (unpaired) electrons. The molecule has 19 heavy (non-hydrogen) atoms. The van der Waals surface area contributed by atoms with Crippen molar-refractivity contribution < 1.29 is 9.90 Å². The van der Waals surface area contributed by atoms with Gasteiger partial charge in [-0.05, 0) is 6.42 Å². The minimum absolute atomic E-state index is 0.137. The molecule has 0 amide bonds. The number of rotatable bonds is 5. The van der Waals surface area contributed by atoms with E-state index in [1.54, 1.807) is 0 Å². The lowest BCUT2D eigenvalue weighted by atomic mass is 10.4. The van der Waals surface area contributed by atoms with Gasteiger partial charge >= 0.3 is 11.7 Å². The highest BCUT2D eigenvalue weighted by Crippen LogP contribution is 2.08. The minimum atomic E-state index is -1.06. The number of H-pyrrole nitrogens is 2. The van der Waals surface area contributed by atoms with Crippen LogP contribution in [0, 0.1) is 0 Å². The van der Waals surface area contributed by atoms with Crippen molar-refractivity contribution in [2.75, 3.05) is 11.9 Å². The fraction of sp³-hybridized carbons (Fsp3) is 0.400. The highest BCUT2D eigenvalue weighted by atomic mass is 16.4. The number of carboxylic acid groups (broad SMARTS) is 1. The van der Waals surface area contributed by atoms with Crippen LogP contribution >= 0.6 is 0 Å². The molecule has 2 rings (SSSR count). The molecule has 0 aliphatic carbocycles. The van der Waals surface area contributed by atoms with E-state index in [9.17, 15) is 14.4 Å². The first-order valence-corrected chi connectivity index (χ1v) is 5.71. The van der Waals surface area contributed by atoms with Crippen LogP contribution in [0.4, 0.5) is 5.95 Å². The summed E-state index contributed by atoms with van der Waals surface area (Å²) in [7, 11) is 0. The average Bonchev–Trinajstić information content (AvgIpc) is 2.76. The monoisotopic (exact) mass is 267 g/mol. The summed E-state index contributed by atoms with van der Waals surface area (Å²) in [4.78, 5) is 42.6. The van der Waals surface area contributed by atoms with Crippen molar-refractivity contribution in [3.63, 3.8) is 0 Å². The fourth-order valence-electron chi connectivity index (χ4n) is 1.72. The Hall–Kier alpha value is -2.58. The first-order chi connectivity index (χ1) is 9.02. The van der Waals surface area contributed by atoms with Gasteiger partial charge in [0.05, 0.1) is 0 Å². The number of imidazole rings is 1. The van der Waals surface area contributed by atoms with Crippen molar-refractivity contribution >= 4 is 23.1 Å². The zero-order valence-electron chi connectivity index (χ0n) is 10.2. The number of nitrogens with zero attached hydrogens (tertiary/aromatic N) is 2. The lowest BCUT2D eigenvalue weighted by molar-refractivity contribution is -0.134. The molecule has 0 fully saturated rings. The number of aromatic nitrogens is 4. The van der Waals surface area contributed by atoms with E-state index in [1.165, 1.54) is 4.57 Å². The fourth-order valence-corrected chi connectivity index (χ4v) is 1.72. The number of nitrogens with one attached hydrogen (secondary N) is 3. The predicted molar refractivity (Wildman–Crippen MR) is 67.4 cm³/mol. The quantitative estimate of drug-likeness (QED) is 0.567. The van der Waals surface area contributed by atoms with Crippen LogP contribution in [-0.2, 0) is 11.3 Å². The minimum Gasteiger partial charge on any atom is -0.480 e. The molecule has 0 bridgehead atoms. The zero-order chi connectivity index (χ0) is 14.0. The number of carboxylic acids is 1. The van der Waals surface area contributed by atoms with E-state index in [0.717, 1.165) is 0 Å². The molecule has 0 unspecified atom stereocenters. The van der Waals surface area contributed by atoms with E-state index in [-0.39, 0.29) is 23.7 Å². The summed E-state index contributed by atoms with van der Waals surface area (Å²) in [5.41, 5.74) is -0.761. The van der Waals surface area contributed by atoms with Gasteiger partial charge in [-0.2, -0.15) is 4.98 Å². The van der Waals surface area contributed by atoms with Gasteiger partial charge in [0.15, 0.2) is 11.2 Å². The van der Waals surface area contributed by atoms with Gasteiger partial charge in [-0.3, -0.25) is 19.1 Å². The maximum Gasteiger partial charge on any atom is 0.330 e. The smallest absolute Gasteiger partial charge is 0.330 e. The van der Waals surface area contributed by atoms with Crippen LogP contribution in [0.3, 0.4) is 0 Å². The predicted octanol–water partition coefficient (Wildman–Crippen LogP) is -0.681. The van der Waals surface area contributed by atoms with Crippen LogP contribution in [-0.4, -0.2) is 37.1 Å². The van der Waals surface area contributed by atoms with Gasteiger partial charge in [0.2, 0.25) is 5.95 Å². The van der Waals surface area contributed by atoms with Crippen molar-refractivity contribution in [2.45, 2.75) is 19.9 Å². The summed E-state index contributed by atoms with van der Waals surface area (Å²) in [6, 6.07) is 0. The molecule has 0 saturated heterocycles. The molecular formula is C10H13N5O4. The molecule has 9 nitrogen and oxygen atoms in total. The first kappa shape index (κ1) is 12.9. The van der Waals surface area contributed by atoms with Crippen LogP contribution in [0.5, 0.6) is 0 Å². The molecule has 9 heteroatoms. The van der Waals surface area contributed by atoms with Gasteiger partial charge in [-0.25, -0.2) is 4.79 Å². The second-order valence-electron chi connectivity index (χ2n) is 3.94. The second-order valence-corrected chi connectivity index (χ2v) is 3.94. The maximum absolute atomic E-state index is 11.7. The lowest BCUT2D eigenvalue weighted by Gasteiger charge is -2.02. The summed E-state index contributed by atoms with van der Waals surface area (Å²) in [6.07, 6.45) is 0.700. The molecule has 0 aliphatic rings. The number of carbonyl (C=O) groups is 1. The molecule has 0 saturated carbocycles. The Morgan fingerprint density at radius 2 is 2.16 bits per heavy atom. The second kappa shape index (κ2) is 4.96. The van der Waals surface area contributed by atoms with Crippen LogP contribution in [0.2, 0.25) is 0 Å². The SMILES string of the molecule is CCCn1c(=O)[nH]c(=O)c2[nH]c(NCC(=O)O)nc21. The Labute approximate surface area is 106 Å². The first-order valence-electron chi connectivity index (χ1n) is 5.71. The molecule has 0 aromatic carbocycles. The number of fused-ring (bicyclic) bond motifs is 1. The summed E-state index contributed by atoms with van der Waals surface area (Å²) < 4.78 is 1.33. The number of hydrogen-bond acceptors (Lipinski definition) is 5. The van der Waals surface area contributed by atoms with Crippen LogP contribution < -0.4 is 16.6 Å². The molecule has 0 spiro atoms. The molecular weight excluding hydrogens is 254 g/mol. The summed E-state index contributed by atoms with van der Waals surface area (Å²) in [5.74, 6) is -0.918. The largest absolute Gasteiger partial charge is 0.480 e. The molecule has 2 aromatic heterocycles. The van der Waals surface area contributed by atoms with Gasteiger partial charge < -0.3 is 15.4 Å². The zero-order valence-corrected chi connectivity index (χ0v) is 10.2. The molecule has 102 valence electrons. The Morgan fingerprint density at radius 3 is 2.79 bits per heavy atom. The van der Waals surface area contributed by atoms with Crippen LogP contribution in [0.25, 0.3) is 11.2 Å². The Morgan fingerprint density at radius 1 is 1.42 bits per heavy atom. The number of anilines is 1. The van der Waals surface area contributed by atoms with E-state index in [1.807, 2.05) is 6.92 Å². The van der Waals surface area contributed by atoms with Gasteiger partial charge in [0.25, 0.3) is 5.56 Å². The number of aliphatic carboxylic acids is 1. The maximum atomic E-state index is 11.7. The van der Waals surface area contributed by atoms with Crippen molar-refractivity contribution in [1.29, 1.82) is 0 Å². The Kier molecular flexibility index (Phi) is 3.36. The lowest BCUT2D eigenvalue weighted by Crippen LogP contribution is -2.30. The van der Waals surface area contributed by atoms with E-state index in [0.29, 0.717) is 13.0 Å².